The van der Waals surface area contributed by atoms with Crippen LogP contribution >= 0.6 is 0 Å². The van der Waals surface area contributed by atoms with Crippen molar-refractivity contribution in [3.63, 3.8) is 0 Å². The van der Waals surface area contributed by atoms with Crippen molar-refractivity contribution >= 4 is 0 Å². The maximum Gasteiger partial charge on any atom is 0 e. The third-order valence-corrected chi connectivity index (χ3v) is 2.09. The molecule has 21 heavy (non-hydrogen) atoms. The van der Waals surface area contributed by atoms with Gasteiger partial charge in [-0.15, -0.1) is 6.42 Å². The predicted molar refractivity (Wildman–Crippen MR) is 94.2 cm³/mol. The molecule has 0 spiro atoms. The average Bonchev–Trinajstić information content (AvgIpc) is 3.02. The first-order valence-corrected chi connectivity index (χ1v) is 8.08. The average molecular weight is 335 g/mol. The minimum atomic E-state index is 0. The zero-order valence-corrected chi connectivity index (χ0v) is 16.5. The van der Waals surface area contributed by atoms with Crippen LogP contribution in [0.3, 0.4) is 0 Å². The van der Waals surface area contributed by atoms with Crippen LogP contribution in [0.25, 0.3) is 0 Å². The largest absolute Gasteiger partial charge is 0.317 e. The SMILES string of the molecule is CCNCC.CCNCC.CCNCC.[C-]1=CC=CC1.[V]. The van der Waals surface area contributed by atoms with Crippen LogP contribution in [-0.4, -0.2) is 39.3 Å². The van der Waals surface area contributed by atoms with Crippen LogP contribution in [0.2, 0.25) is 0 Å². The second kappa shape index (κ2) is 36.8. The predicted octanol–water partition coefficient (Wildman–Crippen LogP) is 3.15. The summed E-state index contributed by atoms with van der Waals surface area (Å²) in [5.74, 6) is 0. The zero-order valence-electron chi connectivity index (χ0n) is 15.1. The third kappa shape index (κ3) is 53.6. The van der Waals surface area contributed by atoms with E-state index >= 15 is 0 Å². The molecule has 127 valence electrons. The molecule has 3 nitrogen and oxygen atoms in total. The second-order valence-corrected chi connectivity index (χ2v) is 3.87. The van der Waals surface area contributed by atoms with Crippen molar-refractivity contribution in [3.05, 3.63) is 24.3 Å². The summed E-state index contributed by atoms with van der Waals surface area (Å²) < 4.78 is 0. The second-order valence-electron chi connectivity index (χ2n) is 3.87. The summed E-state index contributed by atoms with van der Waals surface area (Å²) in [6.07, 6.45) is 10.0. The number of hydrogen-bond acceptors (Lipinski definition) is 3. The Labute approximate surface area is 146 Å². The maximum atomic E-state index is 3.11. The Balaban J connectivity index is -0.0000000903. The van der Waals surface area contributed by atoms with Gasteiger partial charge < -0.3 is 16.0 Å². The molecule has 1 aliphatic carbocycles. The molecule has 0 aromatic rings. The molecule has 4 heteroatoms. The van der Waals surface area contributed by atoms with Crippen LogP contribution < -0.4 is 16.0 Å². The summed E-state index contributed by atoms with van der Waals surface area (Å²) in [5, 5.41) is 9.33. The van der Waals surface area contributed by atoms with Gasteiger partial charge in [-0.3, -0.25) is 6.08 Å². The Morgan fingerprint density at radius 1 is 0.714 bits per heavy atom. The minimum absolute atomic E-state index is 0. The van der Waals surface area contributed by atoms with E-state index in [4.69, 9.17) is 0 Å². The van der Waals surface area contributed by atoms with E-state index in [-0.39, 0.29) is 18.6 Å². The first-order chi connectivity index (χ1) is 9.74. The molecule has 0 saturated carbocycles. The Morgan fingerprint density at radius 3 is 1.10 bits per heavy atom. The molecular weight excluding hydrogens is 297 g/mol. The van der Waals surface area contributed by atoms with Gasteiger partial charge in [0, 0.05) is 18.6 Å². The van der Waals surface area contributed by atoms with Gasteiger partial charge in [0.25, 0.3) is 0 Å². The zero-order chi connectivity index (χ0) is 15.9. The number of hydrogen-bond donors (Lipinski definition) is 3. The van der Waals surface area contributed by atoms with E-state index in [0.29, 0.717) is 0 Å². The number of rotatable bonds is 6. The quantitative estimate of drug-likeness (QED) is 0.653. The van der Waals surface area contributed by atoms with Gasteiger partial charge in [-0.2, -0.15) is 6.08 Å². The molecule has 0 amide bonds. The fourth-order valence-electron chi connectivity index (χ4n) is 1.09. The van der Waals surface area contributed by atoms with Crippen molar-refractivity contribution < 1.29 is 18.6 Å². The molecule has 0 unspecified atom stereocenters. The molecule has 0 bridgehead atoms. The fourth-order valence-corrected chi connectivity index (χ4v) is 1.09. The summed E-state index contributed by atoms with van der Waals surface area (Å²) >= 11 is 0. The van der Waals surface area contributed by atoms with E-state index in [1.807, 2.05) is 12.2 Å². The molecule has 0 fully saturated rings. The molecule has 0 aromatic heterocycles. The van der Waals surface area contributed by atoms with Crippen molar-refractivity contribution in [2.24, 2.45) is 0 Å². The number of nitrogens with one attached hydrogen (secondary N) is 3. The first kappa shape index (κ1) is 29.0. The van der Waals surface area contributed by atoms with Crippen molar-refractivity contribution in [1.29, 1.82) is 0 Å². The Morgan fingerprint density at radius 2 is 1.05 bits per heavy atom. The van der Waals surface area contributed by atoms with Crippen LogP contribution in [0, 0.1) is 6.08 Å². The van der Waals surface area contributed by atoms with Gasteiger partial charge in [-0.1, -0.05) is 41.5 Å². The molecule has 0 aromatic carbocycles. The van der Waals surface area contributed by atoms with Gasteiger partial charge in [0.05, 0.1) is 0 Å². The molecule has 0 saturated heterocycles. The van der Waals surface area contributed by atoms with Gasteiger partial charge in [0.15, 0.2) is 0 Å². The maximum absolute atomic E-state index is 3.11. The molecule has 1 radical (unpaired) electrons. The van der Waals surface area contributed by atoms with Crippen LogP contribution in [0.5, 0.6) is 0 Å². The topological polar surface area (TPSA) is 36.1 Å². The van der Waals surface area contributed by atoms with Gasteiger partial charge in [0.2, 0.25) is 0 Å². The van der Waals surface area contributed by atoms with Crippen molar-refractivity contribution in [2.45, 2.75) is 48.0 Å². The summed E-state index contributed by atoms with van der Waals surface area (Å²) in [5.41, 5.74) is 0. The molecular formula is C17H38N3V-. The summed E-state index contributed by atoms with van der Waals surface area (Å²) in [7, 11) is 0. The van der Waals surface area contributed by atoms with E-state index < -0.39 is 0 Å². The normalized spacial score (nSPS) is 10.2. The molecule has 1 rings (SSSR count). The standard InChI is InChI=1S/C5H5.3C4H11N.V/c1-2-4-5-3-1;3*1-3-5-4-2;/h1-3H,4H2;3*5H,3-4H2,1-2H3;/q-1;;;;. The number of allylic oxidation sites excluding steroid dienone is 4. The Hall–Kier alpha value is -0.0556. The van der Waals surface area contributed by atoms with Crippen LogP contribution in [0.1, 0.15) is 48.0 Å². The molecule has 0 aliphatic heterocycles. The Kier molecular flexibility index (Phi) is 50.9. The summed E-state index contributed by atoms with van der Waals surface area (Å²) in [6.45, 7) is 19.2. The van der Waals surface area contributed by atoms with E-state index in [0.717, 1.165) is 45.7 Å². The third-order valence-electron chi connectivity index (χ3n) is 2.09. The fraction of sp³-hybridized carbons (Fsp3) is 0.765. The monoisotopic (exact) mass is 335 g/mol. The van der Waals surface area contributed by atoms with Gasteiger partial charge in [-0.05, 0) is 39.3 Å². The minimum Gasteiger partial charge on any atom is -0.317 e. The van der Waals surface area contributed by atoms with E-state index in [1.165, 1.54) is 0 Å². The van der Waals surface area contributed by atoms with Crippen molar-refractivity contribution in [2.75, 3.05) is 39.3 Å². The molecule has 3 N–H and O–H groups in total. The van der Waals surface area contributed by atoms with Gasteiger partial charge in [-0.25, -0.2) is 12.2 Å². The molecule has 0 heterocycles. The van der Waals surface area contributed by atoms with E-state index in [9.17, 15) is 0 Å². The van der Waals surface area contributed by atoms with Gasteiger partial charge >= 0.3 is 0 Å². The summed E-state index contributed by atoms with van der Waals surface area (Å²) in [6, 6.07) is 0. The molecule has 1 aliphatic rings. The van der Waals surface area contributed by atoms with E-state index in [2.05, 4.69) is 69.6 Å². The molecule has 0 atom stereocenters. The Bertz CT molecular complexity index is 153. The smallest absolute Gasteiger partial charge is 0 e. The van der Waals surface area contributed by atoms with Crippen molar-refractivity contribution in [3.8, 4) is 0 Å². The van der Waals surface area contributed by atoms with E-state index in [1.54, 1.807) is 0 Å². The van der Waals surface area contributed by atoms with Gasteiger partial charge in [0.1, 0.15) is 0 Å². The van der Waals surface area contributed by atoms with Crippen molar-refractivity contribution in [1.82, 2.24) is 16.0 Å². The summed E-state index contributed by atoms with van der Waals surface area (Å²) in [4.78, 5) is 0. The van der Waals surface area contributed by atoms with Crippen LogP contribution in [-0.2, 0) is 18.6 Å². The first-order valence-electron chi connectivity index (χ1n) is 8.08. The van der Waals surface area contributed by atoms with Crippen LogP contribution in [0.4, 0.5) is 0 Å². The van der Waals surface area contributed by atoms with Crippen LogP contribution in [0.15, 0.2) is 18.2 Å².